The number of likely N-dealkylation sites (tertiary alicyclic amines) is 1. The minimum absolute atomic E-state index is 0.212. The van der Waals surface area contributed by atoms with Gasteiger partial charge >= 0.3 is 5.97 Å². The van der Waals surface area contributed by atoms with Gasteiger partial charge in [-0.15, -0.1) is 0 Å². The van der Waals surface area contributed by atoms with Crippen LogP contribution in [0, 0.1) is 5.41 Å². The summed E-state index contributed by atoms with van der Waals surface area (Å²) in [6.07, 6.45) is 1.78. The first kappa shape index (κ1) is 13.6. The van der Waals surface area contributed by atoms with E-state index in [-0.39, 0.29) is 12.5 Å². The van der Waals surface area contributed by atoms with Crippen molar-refractivity contribution in [2.45, 2.75) is 33.1 Å². The van der Waals surface area contributed by atoms with Gasteiger partial charge in [-0.1, -0.05) is 13.8 Å². The summed E-state index contributed by atoms with van der Waals surface area (Å²) in [6.45, 7) is 4.54. The summed E-state index contributed by atoms with van der Waals surface area (Å²) < 4.78 is 5.43. The van der Waals surface area contributed by atoms with Gasteiger partial charge in [0.15, 0.2) is 5.76 Å². The molecular weight excluding hydrogens is 246 g/mol. The van der Waals surface area contributed by atoms with Crippen LogP contribution in [0.5, 0.6) is 0 Å². The van der Waals surface area contributed by atoms with Crippen molar-refractivity contribution in [2.24, 2.45) is 5.41 Å². The van der Waals surface area contributed by atoms with Gasteiger partial charge in [0.05, 0.1) is 5.41 Å². The van der Waals surface area contributed by atoms with E-state index in [0.29, 0.717) is 25.1 Å². The average molecular weight is 265 g/mol. The first-order chi connectivity index (χ1) is 9.02. The predicted molar refractivity (Wildman–Crippen MR) is 69.0 cm³/mol. The third-order valence-corrected chi connectivity index (χ3v) is 3.99. The number of amides is 1. The lowest BCUT2D eigenvalue weighted by atomic mass is 9.84. The third-order valence-electron chi connectivity index (χ3n) is 3.99. The summed E-state index contributed by atoms with van der Waals surface area (Å²) in [6, 6.07) is 3.45. The third kappa shape index (κ3) is 2.37. The van der Waals surface area contributed by atoms with Gasteiger partial charge in [-0.2, -0.15) is 0 Å². The molecule has 1 atom stereocenters. The Hall–Kier alpha value is -1.78. The molecule has 1 fully saturated rings. The largest absolute Gasteiger partial charge is 0.481 e. The van der Waals surface area contributed by atoms with Crippen molar-refractivity contribution in [3.63, 3.8) is 0 Å². The van der Waals surface area contributed by atoms with Gasteiger partial charge in [-0.05, 0) is 25.0 Å². The Bertz CT molecular complexity index is 493. The van der Waals surface area contributed by atoms with Crippen LogP contribution in [0.25, 0.3) is 0 Å². The maximum absolute atomic E-state index is 12.2. The molecule has 5 heteroatoms. The van der Waals surface area contributed by atoms with Gasteiger partial charge in [-0.3, -0.25) is 9.59 Å². The maximum atomic E-state index is 12.2. The molecule has 0 spiro atoms. The Morgan fingerprint density at radius 3 is 2.63 bits per heavy atom. The second-order valence-corrected chi connectivity index (χ2v) is 5.04. The molecule has 0 aliphatic carbocycles. The van der Waals surface area contributed by atoms with Crippen molar-refractivity contribution in [3.8, 4) is 0 Å². The normalized spacial score (nSPS) is 22.7. The van der Waals surface area contributed by atoms with Crippen LogP contribution in [0.4, 0.5) is 0 Å². The molecule has 1 saturated heterocycles. The summed E-state index contributed by atoms with van der Waals surface area (Å²) in [5, 5.41) is 9.31. The van der Waals surface area contributed by atoms with Gasteiger partial charge in [0.25, 0.3) is 5.91 Å². The molecule has 104 valence electrons. The van der Waals surface area contributed by atoms with E-state index in [4.69, 9.17) is 4.42 Å². The van der Waals surface area contributed by atoms with E-state index >= 15 is 0 Å². The van der Waals surface area contributed by atoms with Crippen molar-refractivity contribution in [3.05, 3.63) is 23.7 Å². The van der Waals surface area contributed by atoms with Gasteiger partial charge < -0.3 is 14.4 Å². The average Bonchev–Trinajstić information content (AvgIpc) is 3.05. The Kier molecular flexibility index (Phi) is 3.64. The predicted octanol–water partition coefficient (Wildman–Crippen LogP) is 2.17. The molecule has 0 saturated carbocycles. The Morgan fingerprint density at radius 1 is 1.42 bits per heavy atom. The van der Waals surface area contributed by atoms with Crippen molar-refractivity contribution < 1.29 is 19.1 Å². The molecule has 2 rings (SSSR count). The highest BCUT2D eigenvalue weighted by molar-refractivity contribution is 5.92. The Labute approximate surface area is 112 Å². The minimum Gasteiger partial charge on any atom is -0.481 e. The van der Waals surface area contributed by atoms with Crippen LogP contribution in [0.1, 0.15) is 43.0 Å². The lowest BCUT2D eigenvalue weighted by molar-refractivity contribution is -0.148. The highest BCUT2D eigenvalue weighted by Crippen LogP contribution is 2.34. The smallest absolute Gasteiger partial charge is 0.311 e. The second kappa shape index (κ2) is 5.07. The fraction of sp³-hybridized carbons (Fsp3) is 0.571. The number of carboxylic acid groups (broad SMARTS) is 1. The number of carbonyl (C=O) groups is 2. The zero-order valence-electron chi connectivity index (χ0n) is 11.3. The SMILES string of the molecule is CCc1ccc(C(=O)N2CCC(CC)(C(=O)O)C2)o1. The summed E-state index contributed by atoms with van der Waals surface area (Å²) >= 11 is 0. The van der Waals surface area contributed by atoms with Crippen molar-refractivity contribution in [1.82, 2.24) is 4.90 Å². The van der Waals surface area contributed by atoms with Gasteiger partial charge in [-0.25, -0.2) is 0 Å². The van der Waals surface area contributed by atoms with Crippen LogP contribution in [0.2, 0.25) is 0 Å². The van der Waals surface area contributed by atoms with Crippen molar-refractivity contribution in [1.29, 1.82) is 0 Å². The van der Waals surface area contributed by atoms with Crippen molar-refractivity contribution >= 4 is 11.9 Å². The molecule has 1 amide bonds. The molecule has 1 unspecified atom stereocenters. The number of nitrogens with zero attached hydrogens (tertiary/aromatic N) is 1. The molecule has 1 aromatic heterocycles. The fourth-order valence-electron chi connectivity index (χ4n) is 2.50. The van der Waals surface area contributed by atoms with Crippen LogP contribution >= 0.6 is 0 Å². The van der Waals surface area contributed by atoms with E-state index in [1.54, 1.807) is 17.0 Å². The van der Waals surface area contributed by atoms with Gasteiger partial charge in [0, 0.05) is 19.5 Å². The van der Waals surface area contributed by atoms with Crippen LogP contribution < -0.4 is 0 Å². The molecule has 5 nitrogen and oxygen atoms in total. The lowest BCUT2D eigenvalue weighted by Gasteiger charge is -2.22. The van der Waals surface area contributed by atoms with Gasteiger partial charge in [0.2, 0.25) is 0 Å². The van der Waals surface area contributed by atoms with E-state index in [2.05, 4.69) is 0 Å². The number of furan rings is 1. The number of aryl methyl sites for hydroxylation is 1. The topological polar surface area (TPSA) is 70.8 Å². The number of rotatable bonds is 4. The van der Waals surface area contributed by atoms with Crippen molar-refractivity contribution in [2.75, 3.05) is 13.1 Å². The van der Waals surface area contributed by atoms with E-state index in [0.717, 1.165) is 12.2 Å². The molecule has 19 heavy (non-hydrogen) atoms. The molecule has 0 bridgehead atoms. The minimum atomic E-state index is -0.820. The molecule has 1 aliphatic rings. The van der Waals surface area contributed by atoms with Crippen LogP contribution in [-0.2, 0) is 11.2 Å². The molecule has 1 aliphatic heterocycles. The van der Waals surface area contributed by atoms with E-state index in [1.807, 2.05) is 13.8 Å². The van der Waals surface area contributed by atoms with Crippen LogP contribution in [0.15, 0.2) is 16.5 Å². The van der Waals surface area contributed by atoms with Crippen LogP contribution in [0.3, 0.4) is 0 Å². The molecule has 0 radical (unpaired) electrons. The highest BCUT2D eigenvalue weighted by Gasteiger charge is 2.45. The maximum Gasteiger partial charge on any atom is 0.311 e. The standard InChI is InChI=1S/C14H19NO4/c1-3-10-5-6-11(19-10)12(16)15-8-7-14(4-2,9-15)13(17)18/h5-6H,3-4,7-9H2,1-2H3,(H,17,18). The van der Waals surface area contributed by atoms with E-state index in [9.17, 15) is 14.7 Å². The molecule has 2 heterocycles. The fourth-order valence-corrected chi connectivity index (χ4v) is 2.50. The number of hydrogen-bond acceptors (Lipinski definition) is 3. The number of carbonyl (C=O) groups excluding carboxylic acids is 1. The Balaban J connectivity index is 2.12. The van der Waals surface area contributed by atoms with Crippen LogP contribution in [-0.4, -0.2) is 35.0 Å². The number of carboxylic acids is 1. The Morgan fingerprint density at radius 2 is 2.16 bits per heavy atom. The van der Waals surface area contributed by atoms with Gasteiger partial charge in [0.1, 0.15) is 5.76 Å². The number of aliphatic carboxylic acids is 1. The zero-order valence-corrected chi connectivity index (χ0v) is 11.3. The monoisotopic (exact) mass is 265 g/mol. The quantitative estimate of drug-likeness (QED) is 0.905. The first-order valence-corrected chi connectivity index (χ1v) is 6.64. The summed E-state index contributed by atoms with van der Waals surface area (Å²) in [5.41, 5.74) is -0.796. The lowest BCUT2D eigenvalue weighted by Crippen LogP contribution is -2.36. The molecule has 0 aromatic carbocycles. The van der Waals surface area contributed by atoms with E-state index < -0.39 is 11.4 Å². The molecule has 1 N–H and O–H groups in total. The van der Waals surface area contributed by atoms with E-state index in [1.165, 1.54) is 0 Å². The molecular formula is C14H19NO4. The zero-order chi connectivity index (χ0) is 14.0. The summed E-state index contributed by atoms with van der Waals surface area (Å²) in [7, 11) is 0. The summed E-state index contributed by atoms with van der Waals surface area (Å²) in [5.74, 6) is 0.0342. The second-order valence-electron chi connectivity index (χ2n) is 5.04. The first-order valence-electron chi connectivity index (χ1n) is 6.64. The molecule has 1 aromatic rings. The highest BCUT2D eigenvalue weighted by atomic mass is 16.4. The number of hydrogen-bond donors (Lipinski definition) is 1. The summed E-state index contributed by atoms with van der Waals surface area (Å²) in [4.78, 5) is 25.2.